The zero-order valence-electron chi connectivity index (χ0n) is 35.6. The molecular formula is C44H54FN9O8. The number of fused-ring (bicyclic) bond motifs is 1. The van der Waals surface area contributed by atoms with Crippen molar-refractivity contribution in [1.82, 2.24) is 40.5 Å². The number of benzene rings is 2. The quantitative estimate of drug-likeness (QED) is 0.127. The lowest BCUT2D eigenvalue weighted by Crippen LogP contribution is -2.52. The van der Waals surface area contributed by atoms with E-state index in [1.807, 2.05) is 13.0 Å². The van der Waals surface area contributed by atoms with E-state index in [4.69, 9.17) is 9.47 Å². The van der Waals surface area contributed by atoms with Gasteiger partial charge in [0.05, 0.1) is 42.1 Å². The second-order valence-corrected chi connectivity index (χ2v) is 16.2. The van der Waals surface area contributed by atoms with Crippen LogP contribution in [0.25, 0.3) is 10.8 Å². The minimum absolute atomic E-state index is 0.000317. The highest BCUT2D eigenvalue weighted by Gasteiger charge is 2.29. The van der Waals surface area contributed by atoms with Crippen molar-refractivity contribution in [2.75, 3.05) is 77.4 Å². The van der Waals surface area contributed by atoms with Crippen LogP contribution in [0.5, 0.6) is 0 Å². The van der Waals surface area contributed by atoms with Crippen molar-refractivity contribution >= 4 is 46.2 Å². The molecule has 17 nitrogen and oxygen atoms in total. The monoisotopic (exact) mass is 855 g/mol. The van der Waals surface area contributed by atoms with Crippen molar-refractivity contribution in [3.63, 3.8) is 0 Å². The molecule has 2 aliphatic heterocycles. The third kappa shape index (κ3) is 11.8. The van der Waals surface area contributed by atoms with Crippen molar-refractivity contribution in [1.29, 1.82) is 0 Å². The second kappa shape index (κ2) is 20.5. The van der Waals surface area contributed by atoms with Crippen LogP contribution < -0.4 is 21.5 Å². The van der Waals surface area contributed by atoms with Gasteiger partial charge < -0.3 is 34.8 Å². The Balaban J connectivity index is 0.909. The van der Waals surface area contributed by atoms with Crippen LogP contribution >= 0.6 is 0 Å². The molecule has 6 rings (SSSR count). The summed E-state index contributed by atoms with van der Waals surface area (Å²) in [5.41, 5.74) is 1.14. The number of amides is 5. The molecule has 2 fully saturated rings. The number of piperidine rings is 1. The number of hydrogen-bond donors (Lipinski definition) is 4. The number of piperazine rings is 1. The van der Waals surface area contributed by atoms with Crippen LogP contribution in [0.3, 0.4) is 0 Å². The molecular weight excluding hydrogens is 802 g/mol. The van der Waals surface area contributed by atoms with Gasteiger partial charge in [0.15, 0.2) is 5.69 Å². The van der Waals surface area contributed by atoms with E-state index < -0.39 is 29.3 Å². The zero-order chi connectivity index (χ0) is 44.4. The van der Waals surface area contributed by atoms with Crippen LogP contribution in [-0.2, 0) is 25.5 Å². The molecule has 2 aromatic heterocycles. The number of aromatic amines is 1. The van der Waals surface area contributed by atoms with Gasteiger partial charge in [-0.1, -0.05) is 24.3 Å². The fourth-order valence-corrected chi connectivity index (χ4v) is 7.44. The number of likely N-dealkylation sites (N-methyl/N-ethyl adjacent to an activating group) is 1. The van der Waals surface area contributed by atoms with Crippen LogP contribution in [0.1, 0.15) is 84.1 Å². The predicted molar refractivity (Wildman–Crippen MR) is 228 cm³/mol. The lowest BCUT2D eigenvalue weighted by molar-refractivity contribution is -0.133. The minimum Gasteiger partial charge on any atom is -0.444 e. The molecule has 0 bridgehead atoms. The van der Waals surface area contributed by atoms with Crippen molar-refractivity contribution < 1.29 is 37.8 Å². The molecule has 2 saturated heterocycles. The lowest BCUT2D eigenvalue weighted by Gasteiger charge is -2.35. The van der Waals surface area contributed by atoms with Gasteiger partial charge in [0, 0.05) is 82.7 Å². The van der Waals surface area contributed by atoms with Gasteiger partial charge in [-0.25, -0.2) is 19.3 Å². The summed E-state index contributed by atoms with van der Waals surface area (Å²) in [5.74, 6) is -1.67. The molecule has 5 amide bonds. The van der Waals surface area contributed by atoms with Gasteiger partial charge in [0.1, 0.15) is 11.4 Å². The number of anilines is 1. The first kappa shape index (κ1) is 45.3. The Hall–Kier alpha value is -6.27. The average molecular weight is 856 g/mol. The highest BCUT2D eigenvalue weighted by Crippen LogP contribution is 2.30. The van der Waals surface area contributed by atoms with E-state index in [2.05, 4.69) is 31.1 Å². The largest absolute Gasteiger partial charge is 0.444 e. The Morgan fingerprint density at radius 1 is 0.952 bits per heavy atom. The summed E-state index contributed by atoms with van der Waals surface area (Å²) in [5, 5.41) is 16.4. The maximum Gasteiger partial charge on any atom is 0.412 e. The first-order valence-corrected chi connectivity index (χ1v) is 20.9. The molecule has 1 unspecified atom stereocenters. The Kier molecular flexibility index (Phi) is 15.0. The molecule has 62 heavy (non-hydrogen) atoms. The number of pyridine rings is 1. The molecule has 4 N–H and O–H groups in total. The van der Waals surface area contributed by atoms with Crippen LogP contribution in [0.15, 0.2) is 59.5 Å². The van der Waals surface area contributed by atoms with Crippen molar-refractivity contribution in [2.24, 2.45) is 0 Å². The maximum absolute atomic E-state index is 14.9. The first-order valence-electron chi connectivity index (χ1n) is 20.9. The maximum atomic E-state index is 14.9. The highest BCUT2D eigenvalue weighted by molar-refractivity contribution is 6.01. The van der Waals surface area contributed by atoms with E-state index in [-0.39, 0.29) is 86.0 Å². The molecule has 2 aliphatic rings. The van der Waals surface area contributed by atoms with Crippen molar-refractivity contribution in [3.8, 4) is 0 Å². The molecule has 0 spiro atoms. The number of ether oxygens (including phenoxy) is 2. The molecule has 2 aromatic carbocycles. The molecule has 18 heteroatoms. The molecule has 0 saturated carbocycles. The Bertz CT molecular complexity index is 2340. The van der Waals surface area contributed by atoms with Gasteiger partial charge in [-0.2, -0.15) is 5.10 Å². The Labute approximate surface area is 358 Å². The smallest absolute Gasteiger partial charge is 0.412 e. The van der Waals surface area contributed by atoms with Crippen LogP contribution in [0.2, 0.25) is 0 Å². The minimum atomic E-state index is -0.761. The number of hydrogen-bond acceptors (Lipinski definition) is 11. The SMILES string of the molecule is CCN1CC(c2cnc(C(=O)NCCOCCNCC(=O)N3CCN(C(=O)c4cc(Cc5n[nH]c(=O)c6ccccc56)ccc4F)CC3)c(NC(=O)OC(C)(C)C)c2)CCC1=O. The third-order valence-corrected chi connectivity index (χ3v) is 10.7. The topological polar surface area (TPSA) is 208 Å². The lowest BCUT2D eigenvalue weighted by atomic mass is 9.91. The third-order valence-electron chi connectivity index (χ3n) is 10.7. The van der Waals surface area contributed by atoms with Crippen LogP contribution in [0.4, 0.5) is 14.9 Å². The highest BCUT2D eigenvalue weighted by atomic mass is 19.1. The number of halogens is 1. The molecule has 4 heterocycles. The zero-order valence-corrected chi connectivity index (χ0v) is 35.6. The Morgan fingerprint density at radius 2 is 1.68 bits per heavy atom. The van der Waals surface area contributed by atoms with E-state index in [0.29, 0.717) is 67.6 Å². The van der Waals surface area contributed by atoms with Crippen LogP contribution in [0, 0.1) is 5.82 Å². The predicted octanol–water partition coefficient (Wildman–Crippen LogP) is 3.44. The summed E-state index contributed by atoms with van der Waals surface area (Å²) in [6.07, 6.45) is 2.20. The van der Waals surface area contributed by atoms with E-state index in [1.54, 1.807) is 67.1 Å². The normalized spacial score (nSPS) is 15.7. The molecule has 4 aromatic rings. The van der Waals surface area contributed by atoms with Gasteiger partial charge in [-0.05, 0) is 69.5 Å². The van der Waals surface area contributed by atoms with E-state index >= 15 is 0 Å². The molecule has 0 radical (unpaired) electrons. The summed E-state index contributed by atoms with van der Waals surface area (Å²) < 4.78 is 26.0. The summed E-state index contributed by atoms with van der Waals surface area (Å²) in [6.45, 7) is 10.3. The summed E-state index contributed by atoms with van der Waals surface area (Å²) in [6, 6.07) is 13.1. The van der Waals surface area contributed by atoms with Gasteiger partial charge in [-0.15, -0.1) is 0 Å². The number of nitrogens with one attached hydrogen (secondary N) is 4. The number of H-pyrrole nitrogens is 1. The first-order chi connectivity index (χ1) is 29.7. The number of carbonyl (C=O) groups is 5. The van der Waals surface area contributed by atoms with Gasteiger partial charge in [0.2, 0.25) is 11.8 Å². The number of rotatable bonds is 15. The van der Waals surface area contributed by atoms with Crippen molar-refractivity contribution in [3.05, 3.63) is 99.0 Å². The summed E-state index contributed by atoms with van der Waals surface area (Å²) in [7, 11) is 0. The summed E-state index contributed by atoms with van der Waals surface area (Å²) in [4.78, 5) is 86.0. The number of aromatic nitrogens is 3. The van der Waals surface area contributed by atoms with Gasteiger partial charge >= 0.3 is 6.09 Å². The number of nitrogens with zero attached hydrogens (tertiary/aromatic N) is 5. The van der Waals surface area contributed by atoms with E-state index in [0.717, 1.165) is 5.56 Å². The fourth-order valence-electron chi connectivity index (χ4n) is 7.44. The molecule has 1 atom stereocenters. The Morgan fingerprint density at radius 3 is 2.42 bits per heavy atom. The fraction of sp³-hybridized carbons (Fsp3) is 0.455. The van der Waals surface area contributed by atoms with E-state index in [1.165, 1.54) is 17.0 Å². The second-order valence-electron chi connectivity index (χ2n) is 16.2. The average Bonchev–Trinajstić information content (AvgIpc) is 3.25. The van der Waals surface area contributed by atoms with Gasteiger partial charge in [-0.3, -0.25) is 29.3 Å². The standard InChI is InChI=1S/C44H54FN9O8/c1-5-52-27-29(11-13-37(52)55)30-24-36(49-43(60)62-44(2,3)4)39(48-25-30)41(58)47-15-21-61-20-14-46-26-38(56)53-16-18-54(19-17-53)42(59)33-22-28(10-12-34(33)45)23-35-31-8-6-7-9-32(31)40(57)51-50-35/h6-10,12,22,24-25,29,46H,5,11,13-21,23,26-27H2,1-4H3,(H,47,58)(H,49,60)(H,51,57). The summed E-state index contributed by atoms with van der Waals surface area (Å²) >= 11 is 0. The molecule has 330 valence electrons. The van der Waals surface area contributed by atoms with E-state index in [9.17, 15) is 33.2 Å². The molecule has 0 aliphatic carbocycles. The number of carbonyl (C=O) groups excluding carboxylic acids is 5. The van der Waals surface area contributed by atoms with Crippen LogP contribution in [-0.4, -0.2) is 137 Å². The number of likely N-dealkylation sites (tertiary alicyclic amines) is 1. The van der Waals surface area contributed by atoms with Gasteiger partial charge in [0.25, 0.3) is 17.4 Å². The van der Waals surface area contributed by atoms with Crippen molar-refractivity contribution in [2.45, 2.75) is 58.5 Å².